The Morgan fingerprint density at radius 1 is 1.00 bits per heavy atom. The van der Waals surface area contributed by atoms with E-state index in [1.807, 2.05) is 12.1 Å². The molecule has 5 heteroatoms. The van der Waals surface area contributed by atoms with Crippen molar-refractivity contribution < 1.29 is 13.2 Å². The van der Waals surface area contributed by atoms with Crippen LogP contribution in [0, 0.1) is 0 Å². The molecule has 4 nitrogen and oxygen atoms in total. The van der Waals surface area contributed by atoms with Crippen molar-refractivity contribution >= 4 is 22.0 Å². The maximum Gasteiger partial charge on any atom is 0.229 e. The molecule has 0 saturated carbocycles. The van der Waals surface area contributed by atoms with Gasteiger partial charge in [-0.05, 0) is 23.3 Å². The first kappa shape index (κ1) is 13.3. The third-order valence-electron chi connectivity index (χ3n) is 2.59. The van der Waals surface area contributed by atoms with Crippen LogP contribution < -0.4 is 4.72 Å². The zero-order chi connectivity index (χ0) is 13.9. The summed E-state index contributed by atoms with van der Waals surface area (Å²) in [6.45, 7) is 0. The predicted octanol–water partition coefficient (Wildman–Crippen LogP) is 2.54. The van der Waals surface area contributed by atoms with Crippen LogP contribution in [0.2, 0.25) is 0 Å². The predicted molar refractivity (Wildman–Crippen MR) is 75.7 cm³/mol. The van der Waals surface area contributed by atoms with Crippen molar-refractivity contribution in [2.75, 3.05) is 11.0 Å². The Morgan fingerprint density at radius 2 is 1.63 bits per heavy atom. The van der Waals surface area contributed by atoms with Gasteiger partial charge >= 0.3 is 0 Å². The van der Waals surface area contributed by atoms with Gasteiger partial charge in [-0.2, -0.15) is 0 Å². The van der Waals surface area contributed by atoms with E-state index in [2.05, 4.69) is 4.72 Å². The van der Waals surface area contributed by atoms with Crippen molar-refractivity contribution in [3.05, 3.63) is 54.1 Å². The molecule has 19 heavy (non-hydrogen) atoms. The lowest BCUT2D eigenvalue weighted by molar-refractivity contribution is 0.112. The quantitative estimate of drug-likeness (QED) is 0.872. The van der Waals surface area contributed by atoms with Crippen molar-refractivity contribution in [3.8, 4) is 11.1 Å². The largest absolute Gasteiger partial charge is 0.298 e. The molecule has 0 amide bonds. The number of hydrogen-bond acceptors (Lipinski definition) is 3. The van der Waals surface area contributed by atoms with Crippen LogP contribution in [0.15, 0.2) is 48.5 Å². The fourth-order valence-corrected chi connectivity index (χ4v) is 2.36. The third-order valence-corrected chi connectivity index (χ3v) is 3.19. The standard InChI is InChI=1S/C14H13NO3S/c1-19(17,18)15-13-8-6-11(7-9-13)14-5-3-2-4-12(14)10-16/h2-10,15H,1H3. The normalized spacial score (nSPS) is 11.0. The molecule has 0 radical (unpaired) electrons. The SMILES string of the molecule is CS(=O)(=O)Nc1ccc(-c2ccccc2C=O)cc1. The van der Waals surface area contributed by atoms with Crippen LogP contribution in [0.5, 0.6) is 0 Å². The number of aldehydes is 1. The van der Waals surface area contributed by atoms with E-state index in [0.29, 0.717) is 11.3 Å². The lowest BCUT2D eigenvalue weighted by atomic mass is 10.0. The molecule has 0 atom stereocenters. The zero-order valence-electron chi connectivity index (χ0n) is 10.3. The first-order chi connectivity index (χ1) is 8.99. The second kappa shape index (κ2) is 5.24. The van der Waals surface area contributed by atoms with Gasteiger partial charge in [0.2, 0.25) is 10.0 Å². The van der Waals surface area contributed by atoms with Gasteiger partial charge in [-0.3, -0.25) is 9.52 Å². The van der Waals surface area contributed by atoms with E-state index >= 15 is 0 Å². The van der Waals surface area contributed by atoms with E-state index in [1.165, 1.54) is 0 Å². The molecule has 1 N–H and O–H groups in total. The van der Waals surface area contributed by atoms with E-state index in [1.54, 1.807) is 36.4 Å². The lowest BCUT2D eigenvalue weighted by Gasteiger charge is -2.07. The molecule has 0 aromatic heterocycles. The Bertz CT molecular complexity index is 691. The summed E-state index contributed by atoms with van der Waals surface area (Å²) in [7, 11) is -3.27. The van der Waals surface area contributed by atoms with Crippen molar-refractivity contribution in [1.82, 2.24) is 0 Å². The summed E-state index contributed by atoms with van der Waals surface area (Å²) in [4.78, 5) is 11.0. The molecule has 0 saturated heterocycles. The Balaban J connectivity index is 2.35. The van der Waals surface area contributed by atoms with Crippen LogP contribution in [-0.2, 0) is 10.0 Å². The number of benzene rings is 2. The average Bonchev–Trinajstić information content (AvgIpc) is 2.38. The number of carbonyl (C=O) groups is 1. The van der Waals surface area contributed by atoms with Crippen molar-refractivity contribution in [2.24, 2.45) is 0 Å². The highest BCUT2D eigenvalue weighted by Gasteiger charge is 2.05. The van der Waals surface area contributed by atoms with E-state index in [9.17, 15) is 13.2 Å². The summed E-state index contributed by atoms with van der Waals surface area (Å²) in [6.07, 6.45) is 1.90. The first-order valence-corrected chi connectivity index (χ1v) is 7.51. The van der Waals surface area contributed by atoms with Crippen LogP contribution in [0.1, 0.15) is 10.4 Å². The molecule has 0 spiro atoms. The van der Waals surface area contributed by atoms with Gasteiger partial charge in [-0.15, -0.1) is 0 Å². The molecule has 0 bridgehead atoms. The Kier molecular flexibility index (Phi) is 3.66. The molecule has 0 aliphatic rings. The summed E-state index contributed by atoms with van der Waals surface area (Å²) in [6, 6.07) is 14.1. The third kappa shape index (κ3) is 3.42. The van der Waals surface area contributed by atoms with Gasteiger partial charge in [0.15, 0.2) is 6.29 Å². The van der Waals surface area contributed by atoms with Gasteiger partial charge in [0.1, 0.15) is 0 Å². The summed E-state index contributed by atoms with van der Waals surface area (Å²) < 4.78 is 24.6. The summed E-state index contributed by atoms with van der Waals surface area (Å²) in [5.41, 5.74) is 2.78. The summed E-state index contributed by atoms with van der Waals surface area (Å²) in [5, 5.41) is 0. The second-order valence-electron chi connectivity index (χ2n) is 4.16. The lowest BCUT2D eigenvalue weighted by Crippen LogP contribution is -2.09. The van der Waals surface area contributed by atoms with E-state index in [0.717, 1.165) is 23.7 Å². The maximum absolute atomic E-state index is 11.1. The average molecular weight is 275 g/mol. The van der Waals surface area contributed by atoms with Gasteiger partial charge in [-0.1, -0.05) is 36.4 Å². The van der Waals surface area contributed by atoms with Crippen LogP contribution in [0.3, 0.4) is 0 Å². The molecule has 0 aliphatic heterocycles. The fourth-order valence-electron chi connectivity index (χ4n) is 1.79. The van der Waals surface area contributed by atoms with Gasteiger partial charge in [-0.25, -0.2) is 8.42 Å². The molecule has 0 heterocycles. The number of anilines is 1. The molecule has 0 aliphatic carbocycles. The summed E-state index contributed by atoms with van der Waals surface area (Å²) >= 11 is 0. The summed E-state index contributed by atoms with van der Waals surface area (Å²) in [5.74, 6) is 0. The molecule has 2 rings (SSSR count). The van der Waals surface area contributed by atoms with Crippen LogP contribution in [0.25, 0.3) is 11.1 Å². The van der Waals surface area contributed by atoms with E-state index in [-0.39, 0.29) is 0 Å². The van der Waals surface area contributed by atoms with Crippen LogP contribution >= 0.6 is 0 Å². The van der Waals surface area contributed by atoms with Crippen LogP contribution in [-0.4, -0.2) is 21.0 Å². The number of nitrogens with one attached hydrogen (secondary N) is 1. The van der Waals surface area contributed by atoms with Crippen LogP contribution in [0.4, 0.5) is 5.69 Å². The Morgan fingerprint density at radius 3 is 2.21 bits per heavy atom. The second-order valence-corrected chi connectivity index (χ2v) is 5.91. The highest BCUT2D eigenvalue weighted by atomic mass is 32.2. The minimum absolute atomic E-state index is 0.495. The highest BCUT2D eigenvalue weighted by Crippen LogP contribution is 2.24. The van der Waals surface area contributed by atoms with Gasteiger partial charge in [0, 0.05) is 11.3 Å². The first-order valence-electron chi connectivity index (χ1n) is 5.62. The van der Waals surface area contributed by atoms with E-state index in [4.69, 9.17) is 0 Å². The number of carbonyl (C=O) groups excluding carboxylic acids is 1. The van der Waals surface area contributed by atoms with E-state index < -0.39 is 10.0 Å². The molecule has 0 fully saturated rings. The number of hydrogen-bond donors (Lipinski definition) is 1. The molecule has 2 aromatic rings. The zero-order valence-corrected chi connectivity index (χ0v) is 11.1. The van der Waals surface area contributed by atoms with Gasteiger partial charge in [0.25, 0.3) is 0 Å². The molecule has 2 aromatic carbocycles. The smallest absolute Gasteiger partial charge is 0.229 e. The molecular formula is C14H13NO3S. The molecule has 98 valence electrons. The molecule has 0 unspecified atom stereocenters. The maximum atomic E-state index is 11.1. The minimum Gasteiger partial charge on any atom is -0.298 e. The minimum atomic E-state index is -3.27. The van der Waals surface area contributed by atoms with Gasteiger partial charge < -0.3 is 0 Å². The van der Waals surface area contributed by atoms with Crippen molar-refractivity contribution in [2.45, 2.75) is 0 Å². The van der Waals surface area contributed by atoms with Gasteiger partial charge in [0.05, 0.1) is 6.26 Å². The highest BCUT2D eigenvalue weighted by molar-refractivity contribution is 7.92. The van der Waals surface area contributed by atoms with Crippen molar-refractivity contribution in [1.29, 1.82) is 0 Å². The monoisotopic (exact) mass is 275 g/mol. The number of sulfonamides is 1. The number of rotatable bonds is 4. The Labute approximate surface area is 112 Å². The fraction of sp³-hybridized carbons (Fsp3) is 0.0714. The topological polar surface area (TPSA) is 63.2 Å². The Hall–Kier alpha value is -2.14. The molecular weight excluding hydrogens is 262 g/mol. The van der Waals surface area contributed by atoms with Crippen molar-refractivity contribution in [3.63, 3.8) is 0 Å².